The highest BCUT2D eigenvalue weighted by Gasteiger charge is 1.91. The molecule has 1 aromatic rings. The first-order chi connectivity index (χ1) is 6.74. The van der Waals surface area contributed by atoms with Gasteiger partial charge in [-0.25, -0.2) is 0 Å². The Hall–Kier alpha value is -1.57. The normalized spacial score (nSPS) is 12.1. The molecule has 1 N–H and O–H groups in total. The SMILES string of the molecule is C/N=C(C)/C=C\Nc1ccccc1C. The monoisotopic (exact) mass is 188 g/mol. The van der Waals surface area contributed by atoms with Gasteiger partial charge in [-0.2, -0.15) is 0 Å². The van der Waals surface area contributed by atoms with Crippen molar-refractivity contribution in [2.75, 3.05) is 12.4 Å². The fourth-order valence-electron chi connectivity index (χ4n) is 1.06. The smallest absolute Gasteiger partial charge is 0.0409 e. The van der Waals surface area contributed by atoms with Gasteiger partial charge in [0.25, 0.3) is 0 Å². The van der Waals surface area contributed by atoms with Crippen molar-refractivity contribution in [2.45, 2.75) is 13.8 Å². The first kappa shape index (κ1) is 10.5. The third-order valence-electron chi connectivity index (χ3n) is 2.06. The van der Waals surface area contributed by atoms with Gasteiger partial charge in [0.1, 0.15) is 0 Å². The molecule has 0 amide bonds. The van der Waals surface area contributed by atoms with Gasteiger partial charge in [0.05, 0.1) is 0 Å². The van der Waals surface area contributed by atoms with Crippen molar-refractivity contribution in [3.8, 4) is 0 Å². The van der Waals surface area contributed by atoms with Crippen molar-refractivity contribution in [1.82, 2.24) is 0 Å². The van der Waals surface area contributed by atoms with E-state index in [0.717, 1.165) is 11.4 Å². The van der Waals surface area contributed by atoms with Gasteiger partial charge in [0.15, 0.2) is 0 Å². The summed E-state index contributed by atoms with van der Waals surface area (Å²) in [4.78, 5) is 4.03. The summed E-state index contributed by atoms with van der Waals surface area (Å²) in [6, 6.07) is 8.18. The summed E-state index contributed by atoms with van der Waals surface area (Å²) in [6.07, 6.45) is 3.86. The number of hydrogen-bond donors (Lipinski definition) is 1. The quantitative estimate of drug-likeness (QED) is 0.724. The molecule has 0 radical (unpaired) electrons. The van der Waals surface area contributed by atoms with Gasteiger partial charge < -0.3 is 5.32 Å². The van der Waals surface area contributed by atoms with Crippen LogP contribution in [0, 0.1) is 6.92 Å². The Morgan fingerprint density at radius 3 is 2.71 bits per heavy atom. The molecule has 0 aliphatic carbocycles. The minimum Gasteiger partial charge on any atom is -0.361 e. The number of aryl methyl sites for hydroxylation is 1. The highest BCUT2D eigenvalue weighted by Crippen LogP contribution is 2.12. The van der Waals surface area contributed by atoms with Crippen LogP contribution in [0.1, 0.15) is 12.5 Å². The summed E-state index contributed by atoms with van der Waals surface area (Å²) in [5.41, 5.74) is 3.38. The van der Waals surface area contributed by atoms with Crippen molar-refractivity contribution in [1.29, 1.82) is 0 Å². The molecule has 74 valence electrons. The number of aliphatic imine (C=N–C) groups is 1. The number of anilines is 1. The molecule has 0 fully saturated rings. The van der Waals surface area contributed by atoms with Crippen LogP contribution in [0.5, 0.6) is 0 Å². The number of para-hydroxylation sites is 1. The van der Waals surface area contributed by atoms with E-state index >= 15 is 0 Å². The Labute approximate surface area is 85.4 Å². The molecule has 2 heteroatoms. The molecule has 0 aliphatic heterocycles. The van der Waals surface area contributed by atoms with Crippen molar-refractivity contribution in [3.05, 3.63) is 42.1 Å². The first-order valence-electron chi connectivity index (χ1n) is 4.66. The second kappa shape index (κ2) is 5.22. The zero-order chi connectivity index (χ0) is 10.4. The molecule has 0 aromatic heterocycles. The second-order valence-electron chi connectivity index (χ2n) is 3.16. The predicted molar refractivity (Wildman–Crippen MR) is 63.0 cm³/mol. The number of allylic oxidation sites excluding steroid dienone is 1. The average molecular weight is 188 g/mol. The van der Waals surface area contributed by atoms with Crippen LogP contribution >= 0.6 is 0 Å². The summed E-state index contributed by atoms with van der Waals surface area (Å²) in [6.45, 7) is 4.05. The van der Waals surface area contributed by atoms with Gasteiger partial charge in [-0.1, -0.05) is 18.2 Å². The maximum atomic E-state index is 4.03. The summed E-state index contributed by atoms with van der Waals surface area (Å²) in [7, 11) is 1.79. The molecule has 0 atom stereocenters. The molecule has 14 heavy (non-hydrogen) atoms. The lowest BCUT2D eigenvalue weighted by Gasteiger charge is -2.03. The van der Waals surface area contributed by atoms with Crippen LogP contribution in [0.2, 0.25) is 0 Å². The minimum atomic E-state index is 1.01. The fraction of sp³-hybridized carbons (Fsp3) is 0.250. The number of nitrogens with zero attached hydrogens (tertiary/aromatic N) is 1. The van der Waals surface area contributed by atoms with E-state index in [-0.39, 0.29) is 0 Å². The van der Waals surface area contributed by atoms with Crippen LogP contribution in [0.4, 0.5) is 5.69 Å². The maximum Gasteiger partial charge on any atom is 0.0409 e. The summed E-state index contributed by atoms with van der Waals surface area (Å²) in [5, 5.41) is 3.22. The standard InChI is InChI=1S/C12H16N2/c1-10-6-4-5-7-12(10)14-9-8-11(2)13-3/h4-9,14H,1-3H3/b9-8-,13-11+. The lowest BCUT2D eigenvalue weighted by molar-refractivity contribution is 1.42. The van der Waals surface area contributed by atoms with E-state index < -0.39 is 0 Å². The molecule has 0 heterocycles. The molecule has 0 spiro atoms. The Bertz CT molecular complexity index is 351. The lowest BCUT2D eigenvalue weighted by atomic mass is 10.2. The molecule has 2 nitrogen and oxygen atoms in total. The number of rotatable bonds is 3. The van der Waals surface area contributed by atoms with E-state index in [1.807, 2.05) is 31.3 Å². The minimum absolute atomic E-state index is 1.01. The molecular formula is C12H16N2. The van der Waals surface area contributed by atoms with Gasteiger partial charge in [0, 0.05) is 24.6 Å². The molecule has 0 saturated carbocycles. The Morgan fingerprint density at radius 1 is 1.36 bits per heavy atom. The van der Waals surface area contributed by atoms with Crippen molar-refractivity contribution in [2.24, 2.45) is 4.99 Å². The maximum absolute atomic E-state index is 4.03. The van der Waals surface area contributed by atoms with Gasteiger partial charge in [-0.3, -0.25) is 4.99 Å². The van der Waals surface area contributed by atoms with Gasteiger partial charge in [0.2, 0.25) is 0 Å². The van der Waals surface area contributed by atoms with Crippen molar-refractivity contribution < 1.29 is 0 Å². The third kappa shape index (κ3) is 3.05. The molecule has 0 aliphatic rings. The number of nitrogens with one attached hydrogen (secondary N) is 1. The Morgan fingerprint density at radius 2 is 2.07 bits per heavy atom. The van der Waals surface area contributed by atoms with E-state index in [2.05, 4.69) is 29.4 Å². The summed E-state index contributed by atoms with van der Waals surface area (Å²) in [5.74, 6) is 0. The van der Waals surface area contributed by atoms with E-state index in [4.69, 9.17) is 0 Å². The fourth-order valence-corrected chi connectivity index (χ4v) is 1.06. The van der Waals surface area contributed by atoms with E-state index in [1.54, 1.807) is 7.05 Å². The molecule has 1 aromatic carbocycles. The van der Waals surface area contributed by atoms with Crippen LogP contribution in [0.3, 0.4) is 0 Å². The number of hydrogen-bond acceptors (Lipinski definition) is 2. The van der Waals surface area contributed by atoms with Crippen molar-refractivity contribution >= 4 is 11.4 Å². The topological polar surface area (TPSA) is 24.4 Å². The summed E-state index contributed by atoms with van der Waals surface area (Å²) >= 11 is 0. The van der Waals surface area contributed by atoms with Gasteiger partial charge in [-0.05, 0) is 31.6 Å². The number of benzene rings is 1. The zero-order valence-corrected chi connectivity index (χ0v) is 8.91. The van der Waals surface area contributed by atoms with Gasteiger partial charge >= 0.3 is 0 Å². The molecule has 1 rings (SSSR count). The highest BCUT2D eigenvalue weighted by molar-refractivity contribution is 5.92. The molecule has 0 saturated heterocycles. The Kier molecular flexibility index (Phi) is 3.92. The zero-order valence-electron chi connectivity index (χ0n) is 8.91. The van der Waals surface area contributed by atoms with E-state index in [9.17, 15) is 0 Å². The molecule has 0 unspecified atom stereocenters. The van der Waals surface area contributed by atoms with Crippen LogP contribution in [0.15, 0.2) is 41.5 Å². The summed E-state index contributed by atoms with van der Waals surface area (Å²) < 4.78 is 0. The van der Waals surface area contributed by atoms with Crippen LogP contribution in [-0.4, -0.2) is 12.8 Å². The largest absolute Gasteiger partial charge is 0.361 e. The average Bonchev–Trinajstić information content (AvgIpc) is 2.20. The lowest BCUT2D eigenvalue weighted by Crippen LogP contribution is -1.92. The van der Waals surface area contributed by atoms with Crippen LogP contribution < -0.4 is 5.32 Å². The Balaban J connectivity index is 2.62. The molecule has 0 bridgehead atoms. The van der Waals surface area contributed by atoms with E-state index in [0.29, 0.717) is 0 Å². The molecular weight excluding hydrogens is 172 g/mol. The van der Waals surface area contributed by atoms with Gasteiger partial charge in [-0.15, -0.1) is 0 Å². The third-order valence-corrected chi connectivity index (χ3v) is 2.06. The van der Waals surface area contributed by atoms with Crippen LogP contribution in [-0.2, 0) is 0 Å². The van der Waals surface area contributed by atoms with Crippen molar-refractivity contribution in [3.63, 3.8) is 0 Å². The van der Waals surface area contributed by atoms with Crippen LogP contribution in [0.25, 0.3) is 0 Å². The predicted octanol–water partition coefficient (Wildman–Crippen LogP) is 3.01. The van der Waals surface area contributed by atoms with E-state index in [1.165, 1.54) is 5.56 Å². The first-order valence-corrected chi connectivity index (χ1v) is 4.66. The highest BCUT2D eigenvalue weighted by atomic mass is 14.8. The second-order valence-corrected chi connectivity index (χ2v) is 3.16.